The summed E-state index contributed by atoms with van der Waals surface area (Å²) in [6, 6.07) is 14.5. The topological polar surface area (TPSA) is 83.9 Å². The van der Waals surface area contributed by atoms with Crippen molar-refractivity contribution >= 4 is 16.9 Å². The molecule has 3 aromatic carbocycles. The number of hydrogen-bond donors (Lipinski definition) is 1. The largest absolute Gasteiger partial charge is 0.489 e. The van der Waals surface area contributed by atoms with Gasteiger partial charge in [0.25, 0.3) is 0 Å². The molecule has 0 amide bonds. The zero-order chi connectivity index (χ0) is 25.7. The lowest BCUT2D eigenvalue weighted by Gasteiger charge is -2.15. The molecule has 1 aromatic heterocycles. The Balaban J connectivity index is 1.59. The van der Waals surface area contributed by atoms with Crippen molar-refractivity contribution in [3.63, 3.8) is 0 Å². The van der Waals surface area contributed by atoms with Crippen molar-refractivity contribution in [3.8, 4) is 16.9 Å². The fourth-order valence-electron chi connectivity index (χ4n) is 4.05. The van der Waals surface area contributed by atoms with Gasteiger partial charge in [0.1, 0.15) is 35.7 Å². The number of carbonyl (C=O) groups is 1. The van der Waals surface area contributed by atoms with Gasteiger partial charge in [-0.1, -0.05) is 18.2 Å². The van der Waals surface area contributed by atoms with Crippen LogP contribution in [0, 0.1) is 11.6 Å². The molecule has 1 heterocycles. The Labute approximate surface area is 207 Å². The van der Waals surface area contributed by atoms with Crippen molar-refractivity contribution < 1.29 is 32.2 Å². The van der Waals surface area contributed by atoms with E-state index in [9.17, 15) is 9.18 Å². The highest BCUT2D eigenvalue weighted by Crippen LogP contribution is 2.34. The summed E-state index contributed by atoms with van der Waals surface area (Å²) in [7, 11) is 1.51. The molecule has 1 unspecified atom stereocenters. The number of ether oxygens (including phenoxy) is 3. The lowest BCUT2D eigenvalue weighted by atomic mass is 9.98. The highest BCUT2D eigenvalue weighted by atomic mass is 19.1. The number of esters is 1. The average molecular weight is 496 g/mol. The van der Waals surface area contributed by atoms with Crippen LogP contribution in [-0.2, 0) is 33.8 Å². The Morgan fingerprint density at radius 2 is 1.89 bits per heavy atom. The first-order valence-corrected chi connectivity index (χ1v) is 11.5. The number of fused-ring (bicyclic) bond motifs is 1. The summed E-state index contributed by atoms with van der Waals surface area (Å²) in [5.74, 6) is -1.07. The lowest BCUT2D eigenvalue weighted by molar-refractivity contribution is -0.149. The van der Waals surface area contributed by atoms with E-state index in [0.717, 1.165) is 10.9 Å². The van der Waals surface area contributed by atoms with E-state index in [1.54, 1.807) is 37.3 Å². The van der Waals surface area contributed by atoms with Crippen molar-refractivity contribution in [2.45, 2.75) is 32.6 Å². The van der Waals surface area contributed by atoms with E-state index in [2.05, 4.69) is 0 Å². The third-order valence-electron chi connectivity index (χ3n) is 5.69. The third kappa shape index (κ3) is 5.72. The highest BCUT2D eigenvalue weighted by Gasteiger charge is 2.17. The molecule has 0 aliphatic heterocycles. The van der Waals surface area contributed by atoms with Gasteiger partial charge in [-0.2, -0.15) is 0 Å². The van der Waals surface area contributed by atoms with Crippen molar-refractivity contribution in [2.24, 2.45) is 5.73 Å². The molecule has 0 bridgehead atoms. The number of hydrogen-bond acceptors (Lipinski definition) is 6. The summed E-state index contributed by atoms with van der Waals surface area (Å²) < 4.78 is 50.9. The summed E-state index contributed by atoms with van der Waals surface area (Å²) in [5, 5.41) is 0.777. The summed E-state index contributed by atoms with van der Waals surface area (Å²) in [5.41, 5.74) is 8.66. The molecule has 2 N–H and O–H groups in total. The second-order valence-electron chi connectivity index (χ2n) is 8.44. The monoisotopic (exact) mass is 495 g/mol. The lowest BCUT2D eigenvalue weighted by Crippen LogP contribution is -2.21. The van der Waals surface area contributed by atoms with Gasteiger partial charge in [-0.3, -0.25) is 4.79 Å². The van der Waals surface area contributed by atoms with E-state index < -0.39 is 23.7 Å². The van der Waals surface area contributed by atoms with Crippen LogP contribution in [0.4, 0.5) is 8.78 Å². The number of carbonyl (C=O) groups excluding carboxylic acids is 1. The number of nitrogens with two attached hydrogens (primary N) is 1. The zero-order valence-corrected chi connectivity index (χ0v) is 20.1. The molecular weight excluding hydrogens is 468 g/mol. The number of furan rings is 1. The van der Waals surface area contributed by atoms with Gasteiger partial charge in [-0.25, -0.2) is 8.78 Å². The van der Waals surface area contributed by atoms with Crippen LogP contribution in [0.5, 0.6) is 5.75 Å². The van der Waals surface area contributed by atoms with E-state index in [4.69, 9.17) is 24.4 Å². The Kier molecular flexibility index (Phi) is 7.97. The van der Waals surface area contributed by atoms with Gasteiger partial charge in [0, 0.05) is 41.3 Å². The average Bonchev–Trinajstić information content (AvgIpc) is 3.32. The first kappa shape index (κ1) is 25.3. The van der Waals surface area contributed by atoms with Crippen molar-refractivity contribution in [1.29, 1.82) is 0 Å². The van der Waals surface area contributed by atoms with Crippen LogP contribution in [0.1, 0.15) is 23.6 Å². The molecule has 1 atom stereocenters. The first-order chi connectivity index (χ1) is 17.4. The number of rotatable bonds is 10. The van der Waals surface area contributed by atoms with Crippen LogP contribution in [-0.4, -0.2) is 25.8 Å². The highest BCUT2D eigenvalue weighted by molar-refractivity contribution is 5.93. The fourth-order valence-corrected chi connectivity index (χ4v) is 4.05. The Morgan fingerprint density at radius 3 is 2.67 bits per heavy atom. The molecule has 0 radical (unpaired) electrons. The van der Waals surface area contributed by atoms with Crippen LogP contribution in [0.25, 0.3) is 22.1 Å². The molecule has 6 nitrogen and oxygen atoms in total. The second-order valence-corrected chi connectivity index (χ2v) is 8.44. The fraction of sp³-hybridized carbons (Fsp3) is 0.250. The molecule has 0 saturated heterocycles. The van der Waals surface area contributed by atoms with Crippen LogP contribution >= 0.6 is 0 Å². The van der Waals surface area contributed by atoms with Crippen LogP contribution in [0.15, 0.2) is 65.3 Å². The van der Waals surface area contributed by atoms with Gasteiger partial charge in [0.05, 0.1) is 19.3 Å². The molecule has 4 aromatic rings. The minimum Gasteiger partial charge on any atom is -0.489 e. The normalized spacial score (nSPS) is 12.0. The molecule has 4 rings (SSSR count). The quantitative estimate of drug-likeness (QED) is 0.291. The molecular formula is C28H27F2NO5. The SMILES string of the molecule is COCC(C)OC(=O)Cc1cc(F)ccc1OCc1cc(-c2cccc(CN)c2F)c2occc2c1. The molecule has 8 heteroatoms. The molecule has 188 valence electrons. The van der Waals surface area contributed by atoms with E-state index >= 15 is 4.39 Å². The van der Waals surface area contributed by atoms with Gasteiger partial charge in [0.15, 0.2) is 0 Å². The first-order valence-electron chi connectivity index (χ1n) is 11.5. The second kappa shape index (κ2) is 11.3. The van der Waals surface area contributed by atoms with E-state index in [1.165, 1.54) is 31.6 Å². The molecule has 0 aliphatic rings. The smallest absolute Gasteiger partial charge is 0.310 e. The Bertz CT molecular complexity index is 1370. The minimum atomic E-state index is -0.521. The predicted octanol–water partition coefficient (Wildman–Crippen LogP) is 5.54. The zero-order valence-electron chi connectivity index (χ0n) is 20.1. The van der Waals surface area contributed by atoms with Crippen LogP contribution in [0.3, 0.4) is 0 Å². The third-order valence-corrected chi connectivity index (χ3v) is 5.69. The molecule has 0 spiro atoms. The van der Waals surface area contributed by atoms with Gasteiger partial charge >= 0.3 is 5.97 Å². The van der Waals surface area contributed by atoms with Gasteiger partial charge in [-0.15, -0.1) is 0 Å². The van der Waals surface area contributed by atoms with E-state index in [1.807, 2.05) is 6.07 Å². The standard InChI is InChI=1S/C28H27F2NO5/c1-17(15-33-2)36-26(32)13-21-12-22(29)6-7-25(21)35-16-18-10-19-8-9-34-28(19)24(11-18)23-5-3-4-20(14-31)27(23)30/h3-12,17H,13-16,31H2,1-2H3. The molecule has 0 fully saturated rings. The minimum absolute atomic E-state index is 0.0732. The molecule has 0 aliphatic carbocycles. The summed E-state index contributed by atoms with van der Waals surface area (Å²) >= 11 is 0. The van der Waals surface area contributed by atoms with Crippen LogP contribution in [0.2, 0.25) is 0 Å². The van der Waals surface area contributed by atoms with Crippen molar-refractivity contribution in [3.05, 3.63) is 89.2 Å². The van der Waals surface area contributed by atoms with E-state index in [0.29, 0.717) is 33.6 Å². The van der Waals surface area contributed by atoms with Gasteiger partial charge < -0.3 is 24.4 Å². The predicted molar refractivity (Wildman–Crippen MR) is 131 cm³/mol. The summed E-state index contributed by atoms with van der Waals surface area (Å²) in [6.45, 7) is 2.13. The number of benzene rings is 3. The number of halogens is 2. The Hall–Kier alpha value is -3.75. The van der Waals surface area contributed by atoms with Crippen molar-refractivity contribution in [2.75, 3.05) is 13.7 Å². The van der Waals surface area contributed by atoms with Crippen LogP contribution < -0.4 is 10.5 Å². The number of methoxy groups -OCH3 is 1. The van der Waals surface area contributed by atoms with Gasteiger partial charge in [-0.05, 0) is 48.9 Å². The summed E-state index contributed by atoms with van der Waals surface area (Å²) in [6.07, 6.45) is 0.945. The summed E-state index contributed by atoms with van der Waals surface area (Å²) in [4.78, 5) is 12.3. The maximum Gasteiger partial charge on any atom is 0.310 e. The van der Waals surface area contributed by atoms with Crippen molar-refractivity contribution in [1.82, 2.24) is 0 Å². The molecule has 0 saturated carbocycles. The molecule has 36 heavy (non-hydrogen) atoms. The van der Waals surface area contributed by atoms with E-state index in [-0.39, 0.29) is 26.2 Å². The van der Waals surface area contributed by atoms with Gasteiger partial charge in [0.2, 0.25) is 0 Å². The Morgan fingerprint density at radius 1 is 1.06 bits per heavy atom. The maximum absolute atomic E-state index is 15.1. The maximum atomic E-state index is 15.1.